The molecule has 21 nitrogen and oxygen atoms in total. The number of nitrogens with two attached hydrogens (primary N) is 1. The van der Waals surface area contributed by atoms with Gasteiger partial charge in [0.2, 0.25) is 41.4 Å². The Morgan fingerprint density at radius 3 is 2.24 bits per heavy atom. The molecule has 0 saturated carbocycles. The van der Waals surface area contributed by atoms with Crippen molar-refractivity contribution in [2.24, 2.45) is 5.73 Å². The number of hydrogen-bond donors (Lipinski definition) is 7. The van der Waals surface area contributed by atoms with E-state index < -0.39 is 84.8 Å². The lowest BCUT2D eigenvalue weighted by atomic mass is 9.98. The van der Waals surface area contributed by atoms with Gasteiger partial charge in [-0.25, -0.2) is 0 Å². The maximum Gasteiger partial charge on any atom is 0.396 e. The van der Waals surface area contributed by atoms with Crippen LogP contribution < -0.4 is 27.0 Å². The van der Waals surface area contributed by atoms with Crippen molar-refractivity contribution in [2.75, 3.05) is 13.1 Å². The van der Waals surface area contributed by atoms with Gasteiger partial charge in [0.1, 0.15) is 24.2 Å². The van der Waals surface area contributed by atoms with Crippen molar-refractivity contribution in [3.63, 3.8) is 0 Å². The SMILES string of the molecule is NC(=O)CC[C@H](NC(=O)[C@@H]1CC[C@@H]2CCN(C(=O)CCCCCC#Cc3cccc4c3CN(C3CCC(=O)NC3=O)C4=O)C[C@H](NC(=O)c3cc4cc(C(=O)P(=O)(O)O)ccc4s3)C(=O)N21)C(=O)NC(c1ccccc1)c1ccccc1. The molecule has 9 amide bonds. The highest BCUT2D eigenvalue weighted by Crippen LogP contribution is 2.40. The second-order valence-electron chi connectivity index (χ2n) is 20.8. The molecule has 0 bridgehead atoms. The third-order valence-electron chi connectivity index (χ3n) is 15.3. The Hall–Kier alpha value is -8.35. The van der Waals surface area contributed by atoms with E-state index in [0.717, 1.165) is 28.0 Å². The smallest absolute Gasteiger partial charge is 0.370 e. The molecule has 4 aliphatic heterocycles. The summed E-state index contributed by atoms with van der Waals surface area (Å²) in [5.74, 6) is 1.60. The first kappa shape index (κ1) is 58.3. The van der Waals surface area contributed by atoms with Crippen LogP contribution in [-0.2, 0) is 44.7 Å². The summed E-state index contributed by atoms with van der Waals surface area (Å²) in [7, 11) is -5.12. The molecule has 5 heterocycles. The third-order valence-corrected chi connectivity index (χ3v) is 17.2. The number of unbranched alkanes of at least 4 members (excludes halogenated alkanes) is 3. The van der Waals surface area contributed by atoms with E-state index in [1.165, 1.54) is 39.0 Å². The van der Waals surface area contributed by atoms with Gasteiger partial charge >= 0.3 is 7.60 Å². The monoisotopic (exact) mass is 1150 g/mol. The first-order valence-corrected chi connectivity index (χ1v) is 29.6. The first-order valence-electron chi connectivity index (χ1n) is 27.1. The van der Waals surface area contributed by atoms with Crippen LogP contribution in [0.15, 0.2) is 103 Å². The number of rotatable bonds is 19. The van der Waals surface area contributed by atoms with Crippen LogP contribution in [0, 0.1) is 11.8 Å². The van der Waals surface area contributed by atoms with Crippen LogP contribution in [0.3, 0.4) is 0 Å². The standard InChI is InChI=1S/C59H61N8O13PS/c60-49(68)27-23-43(53(71)64-52(36-14-7-4-8-15-36)37-16-9-5-10-17-37)61-55(73)46-24-22-40-29-30-65(34-44(58(76)67(40)46)62-56(74)48-32-39-31-38(21-26-47(39)82-48)59(77)81(78,79)80)51(70)20-11-3-1-2-6-13-35-18-12-19-41-42(35)33-66(57(41)75)45-25-28-50(69)63-54(45)72/h4-5,7-10,12,14-19,21,26,31-32,40,43-46,52H,1-3,11,20,22-25,27-30,33-34H2,(H2,60,68)(H,61,73)(H,62,74)(H,64,71)(H,63,69,72)(H2,78,79,80)/t40-,43+,44+,45?,46+/m1/s1. The molecule has 3 fully saturated rings. The summed E-state index contributed by atoms with van der Waals surface area (Å²) >= 11 is 1.00. The molecule has 9 rings (SSSR count). The largest absolute Gasteiger partial charge is 0.396 e. The summed E-state index contributed by atoms with van der Waals surface area (Å²) in [6.45, 7) is 0.112. The third kappa shape index (κ3) is 13.5. The summed E-state index contributed by atoms with van der Waals surface area (Å²) < 4.78 is 12.3. The number of benzene rings is 4. The van der Waals surface area contributed by atoms with Gasteiger partial charge in [-0.1, -0.05) is 85.0 Å². The van der Waals surface area contributed by atoms with E-state index in [4.69, 9.17) is 5.73 Å². The van der Waals surface area contributed by atoms with Gasteiger partial charge in [0.15, 0.2) is 0 Å². The minimum Gasteiger partial charge on any atom is -0.370 e. The van der Waals surface area contributed by atoms with Crippen molar-refractivity contribution < 1.29 is 62.3 Å². The predicted molar refractivity (Wildman–Crippen MR) is 300 cm³/mol. The molecule has 4 aromatic carbocycles. The van der Waals surface area contributed by atoms with Crippen LogP contribution in [0.5, 0.6) is 0 Å². The zero-order valence-corrected chi connectivity index (χ0v) is 46.3. The molecule has 1 unspecified atom stereocenters. The lowest BCUT2D eigenvalue weighted by molar-refractivity contribution is -0.145. The number of hydrogen-bond acceptors (Lipinski definition) is 12. The molecule has 1 aromatic heterocycles. The molecule has 426 valence electrons. The van der Waals surface area contributed by atoms with E-state index in [-0.39, 0.29) is 86.3 Å². The van der Waals surface area contributed by atoms with Gasteiger partial charge in [0.25, 0.3) is 17.3 Å². The molecule has 8 N–H and O–H groups in total. The second-order valence-corrected chi connectivity index (χ2v) is 23.4. The van der Waals surface area contributed by atoms with Crippen molar-refractivity contribution in [1.29, 1.82) is 0 Å². The summed E-state index contributed by atoms with van der Waals surface area (Å²) in [4.78, 5) is 158. The Bertz CT molecular complexity index is 3430. The Morgan fingerprint density at radius 2 is 1.55 bits per heavy atom. The maximum absolute atomic E-state index is 15.0. The normalized spacial score (nSPS) is 19.3. The lowest BCUT2D eigenvalue weighted by Gasteiger charge is -2.39. The predicted octanol–water partition coefficient (Wildman–Crippen LogP) is 4.33. The molecule has 5 aromatic rings. The number of nitrogens with one attached hydrogen (secondary N) is 4. The highest BCUT2D eigenvalue weighted by Gasteiger charge is 2.46. The maximum atomic E-state index is 15.0. The van der Waals surface area contributed by atoms with Crippen molar-refractivity contribution in [3.8, 4) is 11.8 Å². The van der Waals surface area contributed by atoms with Crippen molar-refractivity contribution in [1.82, 2.24) is 36.0 Å². The number of imide groups is 1. The van der Waals surface area contributed by atoms with Gasteiger partial charge in [-0.2, -0.15) is 0 Å². The Kier molecular flexibility index (Phi) is 18.2. The minimum atomic E-state index is -5.12. The molecule has 0 radical (unpaired) electrons. The number of thiophene rings is 1. The van der Waals surface area contributed by atoms with Gasteiger partial charge in [0.05, 0.1) is 10.9 Å². The number of carbonyl (C=O) groups is 10. The fourth-order valence-electron chi connectivity index (χ4n) is 11.1. The van der Waals surface area contributed by atoms with Crippen LogP contribution in [0.25, 0.3) is 10.1 Å². The molecular weight excluding hydrogens is 1090 g/mol. The topological polar surface area (TPSA) is 312 Å². The lowest BCUT2D eigenvalue weighted by Crippen LogP contribution is -2.62. The van der Waals surface area contributed by atoms with E-state index in [2.05, 4.69) is 33.1 Å². The van der Waals surface area contributed by atoms with Crippen LogP contribution in [0.4, 0.5) is 0 Å². The van der Waals surface area contributed by atoms with E-state index >= 15 is 4.79 Å². The number of nitrogens with zero attached hydrogens (tertiary/aromatic N) is 3. The van der Waals surface area contributed by atoms with Crippen molar-refractivity contribution in [3.05, 3.63) is 141 Å². The Labute approximate surface area is 475 Å². The minimum absolute atomic E-state index is 0.0887. The Balaban J connectivity index is 0.882. The number of fused-ring (bicyclic) bond motifs is 3. The average Bonchev–Trinajstić information content (AvgIpc) is 4.10. The van der Waals surface area contributed by atoms with Gasteiger partial charge in [-0.15, -0.1) is 11.3 Å². The molecule has 4 aliphatic rings. The van der Waals surface area contributed by atoms with Gasteiger partial charge in [0, 0.05) is 72.7 Å². The molecular formula is C59H61N8O13PS. The van der Waals surface area contributed by atoms with E-state index in [0.29, 0.717) is 59.7 Å². The highest BCUT2D eigenvalue weighted by molar-refractivity contribution is 7.70. The summed E-state index contributed by atoms with van der Waals surface area (Å²) in [5, 5.41) is 11.3. The molecule has 82 heavy (non-hydrogen) atoms. The molecule has 3 saturated heterocycles. The molecule has 5 atom stereocenters. The van der Waals surface area contributed by atoms with Crippen molar-refractivity contribution in [2.45, 2.75) is 120 Å². The summed E-state index contributed by atoms with van der Waals surface area (Å²) in [6, 6.07) is 23.4. The van der Waals surface area contributed by atoms with Gasteiger partial charge in [-0.3, -0.25) is 57.8 Å². The van der Waals surface area contributed by atoms with E-state index in [9.17, 15) is 57.5 Å². The van der Waals surface area contributed by atoms with E-state index in [1.807, 2.05) is 66.7 Å². The second kappa shape index (κ2) is 25.6. The number of amides is 9. The fourth-order valence-corrected chi connectivity index (χ4v) is 12.5. The summed E-state index contributed by atoms with van der Waals surface area (Å²) in [6.07, 6.45) is 3.17. The zero-order valence-electron chi connectivity index (χ0n) is 44.5. The molecule has 23 heteroatoms. The van der Waals surface area contributed by atoms with Crippen LogP contribution >= 0.6 is 18.9 Å². The highest BCUT2D eigenvalue weighted by atomic mass is 32.1. The molecule has 0 spiro atoms. The van der Waals surface area contributed by atoms with Crippen LogP contribution in [0.1, 0.15) is 136 Å². The number of carbonyl (C=O) groups excluding carboxylic acids is 10. The number of piperidine rings is 1. The van der Waals surface area contributed by atoms with Crippen molar-refractivity contribution >= 4 is 87.7 Å². The quantitative estimate of drug-likeness (QED) is 0.0263. The van der Waals surface area contributed by atoms with Crippen LogP contribution in [-0.4, -0.2) is 126 Å². The number of primary amides is 1. The molecule has 0 aliphatic carbocycles. The Morgan fingerprint density at radius 1 is 0.817 bits per heavy atom. The average molecular weight is 1150 g/mol. The van der Waals surface area contributed by atoms with Gasteiger partial charge in [-0.05, 0) is 103 Å². The first-order chi connectivity index (χ1) is 39.3. The summed E-state index contributed by atoms with van der Waals surface area (Å²) in [5.41, 5.74) is 7.27. The zero-order chi connectivity index (χ0) is 58.2. The fraction of sp³-hybridized carbons (Fsp3) is 0.356. The van der Waals surface area contributed by atoms with Crippen LogP contribution in [0.2, 0.25) is 0 Å². The van der Waals surface area contributed by atoms with E-state index in [1.54, 1.807) is 12.1 Å². The van der Waals surface area contributed by atoms with Gasteiger partial charge < -0.3 is 46.2 Å².